The minimum Gasteiger partial charge on any atom is -0.303 e. The van der Waals surface area contributed by atoms with Crippen LogP contribution in [0, 0.1) is 0 Å². The van der Waals surface area contributed by atoms with E-state index in [-0.39, 0.29) is 0 Å². The van der Waals surface area contributed by atoms with Gasteiger partial charge in [0.1, 0.15) is 5.82 Å². The van der Waals surface area contributed by atoms with Crippen molar-refractivity contribution < 1.29 is 0 Å². The van der Waals surface area contributed by atoms with Gasteiger partial charge in [-0.2, -0.15) is 12.6 Å². The Hall–Kier alpha value is -3.18. The molecular weight excluding hydrogens is 352 g/mol. The zero-order valence-corrected chi connectivity index (χ0v) is 15.5. The lowest BCUT2D eigenvalue weighted by Crippen LogP contribution is -1.98. The number of imidazole rings is 1. The third-order valence-electron chi connectivity index (χ3n) is 4.27. The van der Waals surface area contributed by atoms with Crippen molar-refractivity contribution >= 4 is 24.5 Å². The van der Waals surface area contributed by atoms with Crippen LogP contribution in [-0.2, 0) is 5.75 Å². The standard InChI is InChI=1S/C22H18N4S/c27-16-22-24-13-14-26(22)21-7-1-17(2-8-21)15-25-20-5-3-18(4-6-20)19-9-11-23-12-10-19/h1-15,27H,16H2. The van der Waals surface area contributed by atoms with Crippen molar-refractivity contribution in [2.24, 2.45) is 4.99 Å². The van der Waals surface area contributed by atoms with Gasteiger partial charge < -0.3 is 4.57 Å². The predicted octanol–water partition coefficient (Wildman–Crippen LogP) is 5.11. The maximum absolute atomic E-state index is 4.57. The van der Waals surface area contributed by atoms with Gasteiger partial charge in [-0.15, -0.1) is 0 Å². The number of pyridine rings is 1. The molecule has 0 aliphatic rings. The van der Waals surface area contributed by atoms with Crippen LogP contribution in [0.4, 0.5) is 5.69 Å². The number of thiol groups is 1. The van der Waals surface area contributed by atoms with E-state index in [1.807, 2.05) is 53.4 Å². The SMILES string of the molecule is SCc1nccn1-c1ccc(C=Nc2ccc(-c3ccncc3)cc2)cc1. The molecule has 4 aromatic rings. The zero-order chi connectivity index (χ0) is 18.5. The van der Waals surface area contributed by atoms with E-state index in [1.54, 1.807) is 18.6 Å². The fourth-order valence-corrected chi connectivity index (χ4v) is 3.07. The molecule has 0 atom stereocenters. The minimum atomic E-state index is 0.603. The number of hydrogen-bond acceptors (Lipinski definition) is 4. The molecular formula is C22H18N4S. The van der Waals surface area contributed by atoms with E-state index in [1.165, 1.54) is 0 Å². The van der Waals surface area contributed by atoms with Crippen LogP contribution in [0.15, 0.2) is 90.4 Å². The van der Waals surface area contributed by atoms with Gasteiger partial charge in [0.15, 0.2) is 0 Å². The number of aliphatic imine (C=N–C) groups is 1. The molecule has 2 aromatic carbocycles. The number of hydrogen-bond donors (Lipinski definition) is 1. The summed E-state index contributed by atoms with van der Waals surface area (Å²) in [7, 11) is 0. The summed E-state index contributed by atoms with van der Waals surface area (Å²) in [5, 5.41) is 0. The van der Waals surface area contributed by atoms with E-state index in [0.717, 1.165) is 33.9 Å². The smallest absolute Gasteiger partial charge is 0.122 e. The maximum atomic E-state index is 4.57. The van der Waals surface area contributed by atoms with E-state index in [0.29, 0.717) is 5.75 Å². The van der Waals surface area contributed by atoms with E-state index in [9.17, 15) is 0 Å². The van der Waals surface area contributed by atoms with Crippen LogP contribution in [0.25, 0.3) is 16.8 Å². The normalized spacial score (nSPS) is 11.1. The molecule has 27 heavy (non-hydrogen) atoms. The van der Waals surface area contributed by atoms with Crippen LogP contribution >= 0.6 is 12.6 Å². The largest absolute Gasteiger partial charge is 0.303 e. The lowest BCUT2D eigenvalue weighted by molar-refractivity contribution is 0.963. The number of nitrogens with zero attached hydrogens (tertiary/aromatic N) is 4. The molecule has 132 valence electrons. The average Bonchev–Trinajstić information content (AvgIpc) is 3.22. The van der Waals surface area contributed by atoms with Crippen LogP contribution in [-0.4, -0.2) is 20.7 Å². The zero-order valence-electron chi connectivity index (χ0n) is 14.6. The second kappa shape index (κ2) is 8.01. The van der Waals surface area contributed by atoms with Crippen molar-refractivity contribution in [1.29, 1.82) is 0 Å². The molecule has 0 saturated heterocycles. The first-order valence-corrected chi connectivity index (χ1v) is 9.25. The van der Waals surface area contributed by atoms with E-state index in [4.69, 9.17) is 0 Å². The van der Waals surface area contributed by atoms with E-state index < -0.39 is 0 Å². The van der Waals surface area contributed by atoms with Gasteiger partial charge in [-0.1, -0.05) is 24.3 Å². The molecule has 0 N–H and O–H groups in total. The second-order valence-electron chi connectivity index (χ2n) is 6.00. The Balaban J connectivity index is 1.48. The number of aromatic nitrogens is 3. The third kappa shape index (κ3) is 3.99. The first kappa shape index (κ1) is 17.2. The van der Waals surface area contributed by atoms with Crippen molar-refractivity contribution in [2.45, 2.75) is 5.75 Å². The maximum Gasteiger partial charge on any atom is 0.122 e. The lowest BCUT2D eigenvalue weighted by atomic mass is 10.1. The first-order valence-electron chi connectivity index (χ1n) is 8.61. The van der Waals surface area contributed by atoms with Gasteiger partial charge in [0.25, 0.3) is 0 Å². The van der Waals surface area contributed by atoms with Gasteiger partial charge in [0.05, 0.1) is 5.69 Å². The van der Waals surface area contributed by atoms with E-state index >= 15 is 0 Å². The molecule has 0 aliphatic carbocycles. The Morgan fingerprint density at radius 3 is 2.26 bits per heavy atom. The predicted molar refractivity (Wildman–Crippen MR) is 113 cm³/mol. The monoisotopic (exact) mass is 370 g/mol. The number of rotatable bonds is 5. The minimum absolute atomic E-state index is 0.603. The topological polar surface area (TPSA) is 43.1 Å². The van der Waals surface area contributed by atoms with Gasteiger partial charge in [-0.25, -0.2) is 4.98 Å². The molecule has 0 saturated carbocycles. The van der Waals surface area contributed by atoms with Crippen molar-refractivity contribution in [3.05, 3.63) is 96.8 Å². The molecule has 0 unspecified atom stereocenters. The van der Waals surface area contributed by atoms with Gasteiger partial charge in [-0.05, 0) is 53.1 Å². The molecule has 4 rings (SSSR count). The summed E-state index contributed by atoms with van der Waals surface area (Å²) >= 11 is 4.31. The molecule has 0 fully saturated rings. The van der Waals surface area contributed by atoms with Crippen LogP contribution in [0.5, 0.6) is 0 Å². The molecule has 0 amide bonds. The van der Waals surface area contributed by atoms with Crippen LogP contribution < -0.4 is 0 Å². The van der Waals surface area contributed by atoms with Crippen LogP contribution in [0.2, 0.25) is 0 Å². The van der Waals surface area contributed by atoms with Crippen LogP contribution in [0.1, 0.15) is 11.4 Å². The van der Waals surface area contributed by atoms with Crippen molar-refractivity contribution in [1.82, 2.24) is 14.5 Å². The van der Waals surface area contributed by atoms with Gasteiger partial charge in [0.2, 0.25) is 0 Å². The van der Waals surface area contributed by atoms with Crippen molar-refractivity contribution in [3.8, 4) is 16.8 Å². The Morgan fingerprint density at radius 2 is 1.56 bits per heavy atom. The van der Waals surface area contributed by atoms with Crippen molar-refractivity contribution in [3.63, 3.8) is 0 Å². The highest BCUT2D eigenvalue weighted by molar-refractivity contribution is 7.79. The average molecular weight is 370 g/mol. The Morgan fingerprint density at radius 1 is 0.852 bits per heavy atom. The summed E-state index contributed by atoms with van der Waals surface area (Å²) < 4.78 is 2.03. The first-order chi connectivity index (χ1) is 13.3. The molecule has 0 bridgehead atoms. The molecule has 0 spiro atoms. The fraction of sp³-hybridized carbons (Fsp3) is 0.0455. The molecule has 0 radical (unpaired) electrons. The summed E-state index contributed by atoms with van der Waals surface area (Å²) in [6.45, 7) is 0. The highest BCUT2D eigenvalue weighted by Crippen LogP contribution is 2.22. The molecule has 2 aromatic heterocycles. The molecule has 4 nitrogen and oxygen atoms in total. The molecule has 0 aliphatic heterocycles. The second-order valence-corrected chi connectivity index (χ2v) is 6.32. The summed E-state index contributed by atoms with van der Waals surface area (Å²) in [4.78, 5) is 12.9. The highest BCUT2D eigenvalue weighted by atomic mass is 32.1. The summed E-state index contributed by atoms with van der Waals surface area (Å²) in [6.07, 6.45) is 9.20. The van der Waals surface area contributed by atoms with Gasteiger partial charge >= 0.3 is 0 Å². The van der Waals surface area contributed by atoms with Gasteiger partial charge in [0, 0.05) is 42.4 Å². The quantitative estimate of drug-likeness (QED) is 0.392. The van der Waals surface area contributed by atoms with Crippen LogP contribution in [0.3, 0.4) is 0 Å². The third-order valence-corrected chi connectivity index (χ3v) is 4.56. The van der Waals surface area contributed by atoms with Crippen molar-refractivity contribution in [2.75, 3.05) is 0 Å². The fourth-order valence-electron chi connectivity index (χ4n) is 2.84. The summed E-state index contributed by atoms with van der Waals surface area (Å²) in [5.41, 5.74) is 5.33. The lowest BCUT2D eigenvalue weighted by Gasteiger charge is -2.06. The Labute approximate surface area is 163 Å². The molecule has 5 heteroatoms. The highest BCUT2D eigenvalue weighted by Gasteiger charge is 2.02. The summed E-state index contributed by atoms with van der Waals surface area (Å²) in [5.74, 6) is 1.53. The Kier molecular flexibility index (Phi) is 5.12. The Bertz CT molecular complexity index is 1040. The number of benzene rings is 2. The van der Waals surface area contributed by atoms with Gasteiger partial charge in [-0.3, -0.25) is 9.98 Å². The van der Waals surface area contributed by atoms with E-state index in [2.05, 4.69) is 51.9 Å². The summed E-state index contributed by atoms with van der Waals surface area (Å²) in [6, 6.07) is 20.4. The molecule has 2 heterocycles.